The summed E-state index contributed by atoms with van der Waals surface area (Å²) in [5.74, 6) is -0.437. The highest BCUT2D eigenvalue weighted by atomic mass is 16.1. The fraction of sp³-hybridized carbons (Fsp3) is 0.0769. The number of carbonyl (C=O) groups is 1. The standard InChI is InChI=1S/C26H21N5O/c1-19(20-9-4-2-5-10-20)29-26(32)22(16-27)15-23-18-31(24-12-6-3-7-13-24)30-25(23)21-11-8-14-28-17-21/h2-15,17-19H,1H3,(H,29,32)/b22-15+/t19-/m0/s1. The van der Waals surface area contributed by atoms with E-state index in [1.165, 1.54) is 0 Å². The van der Waals surface area contributed by atoms with Crippen molar-refractivity contribution in [2.24, 2.45) is 0 Å². The van der Waals surface area contributed by atoms with Crippen LogP contribution in [0.2, 0.25) is 0 Å². The first-order chi connectivity index (χ1) is 15.7. The quantitative estimate of drug-likeness (QED) is 0.362. The Bertz CT molecular complexity index is 1270. The van der Waals surface area contributed by atoms with Crippen LogP contribution in [0.3, 0.4) is 0 Å². The highest BCUT2D eigenvalue weighted by Gasteiger charge is 2.17. The second-order valence-electron chi connectivity index (χ2n) is 7.23. The average molecular weight is 419 g/mol. The normalized spacial score (nSPS) is 12.1. The minimum Gasteiger partial charge on any atom is -0.345 e. The molecule has 4 aromatic rings. The lowest BCUT2D eigenvalue weighted by Gasteiger charge is -2.13. The van der Waals surface area contributed by atoms with Gasteiger partial charge in [-0.15, -0.1) is 0 Å². The third kappa shape index (κ3) is 4.63. The largest absolute Gasteiger partial charge is 0.345 e. The van der Waals surface area contributed by atoms with Gasteiger partial charge >= 0.3 is 0 Å². The molecule has 0 saturated carbocycles. The summed E-state index contributed by atoms with van der Waals surface area (Å²) in [5, 5.41) is 17.3. The molecule has 156 valence electrons. The molecular formula is C26H21N5O. The fourth-order valence-corrected chi connectivity index (χ4v) is 3.34. The van der Waals surface area contributed by atoms with Crippen molar-refractivity contribution in [1.29, 1.82) is 5.26 Å². The first-order valence-electron chi connectivity index (χ1n) is 10.2. The van der Waals surface area contributed by atoms with Gasteiger partial charge in [0, 0.05) is 29.7 Å². The number of nitrogens with one attached hydrogen (secondary N) is 1. The van der Waals surface area contributed by atoms with E-state index in [-0.39, 0.29) is 11.6 Å². The van der Waals surface area contributed by atoms with Crippen molar-refractivity contribution in [1.82, 2.24) is 20.1 Å². The van der Waals surface area contributed by atoms with Gasteiger partial charge in [-0.3, -0.25) is 9.78 Å². The number of rotatable bonds is 6. The summed E-state index contributed by atoms with van der Waals surface area (Å²) in [6, 6.07) is 24.8. The number of hydrogen-bond acceptors (Lipinski definition) is 4. The molecule has 1 amide bonds. The summed E-state index contributed by atoms with van der Waals surface area (Å²) in [6.45, 7) is 1.89. The Labute approximate surface area is 186 Å². The molecule has 0 aliphatic rings. The van der Waals surface area contributed by atoms with Crippen molar-refractivity contribution < 1.29 is 4.79 Å². The summed E-state index contributed by atoms with van der Waals surface area (Å²) >= 11 is 0. The number of nitriles is 1. The molecule has 6 nitrogen and oxygen atoms in total. The number of hydrogen-bond donors (Lipinski definition) is 1. The summed E-state index contributed by atoms with van der Waals surface area (Å²) in [5.41, 5.74) is 3.93. The number of pyridine rings is 1. The van der Waals surface area contributed by atoms with Crippen LogP contribution < -0.4 is 5.32 Å². The van der Waals surface area contributed by atoms with Gasteiger partial charge in [0.2, 0.25) is 0 Å². The third-order valence-corrected chi connectivity index (χ3v) is 5.01. The van der Waals surface area contributed by atoms with E-state index in [9.17, 15) is 10.1 Å². The Kier molecular flexibility index (Phi) is 6.19. The Balaban J connectivity index is 1.69. The van der Waals surface area contributed by atoms with Gasteiger partial charge < -0.3 is 5.32 Å². The molecule has 0 aliphatic carbocycles. The number of nitrogens with zero attached hydrogens (tertiary/aromatic N) is 4. The van der Waals surface area contributed by atoms with Crippen molar-refractivity contribution in [2.45, 2.75) is 13.0 Å². The number of benzene rings is 2. The summed E-state index contributed by atoms with van der Waals surface area (Å²) in [7, 11) is 0. The van der Waals surface area contributed by atoms with E-state index in [1.807, 2.05) is 92.0 Å². The number of aromatic nitrogens is 3. The fourth-order valence-electron chi connectivity index (χ4n) is 3.34. The molecule has 0 saturated heterocycles. The molecule has 0 fully saturated rings. The molecule has 2 aromatic carbocycles. The lowest BCUT2D eigenvalue weighted by atomic mass is 10.1. The van der Waals surface area contributed by atoms with Gasteiger partial charge in [0.15, 0.2) is 0 Å². The summed E-state index contributed by atoms with van der Waals surface area (Å²) in [6.07, 6.45) is 6.77. The van der Waals surface area contributed by atoms with Crippen LogP contribution in [0.15, 0.2) is 97.0 Å². The van der Waals surface area contributed by atoms with E-state index >= 15 is 0 Å². The van der Waals surface area contributed by atoms with Crippen LogP contribution in [0.1, 0.15) is 24.1 Å². The summed E-state index contributed by atoms with van der Waals surface area (Å²) < 4.78 is 1.73. The molecule has 2 aromatic heterocycles. The van der Waals surface area contributed by atoms with E-state index in [1.54, 1.807) is 23.2 Å². The highest BCUT2D eigenvalue weighted by Crippen LogP contribution is 2.25. The Morgan fingerprint density at radius 1 is 1.06 bits per heavy atom. The van der Waals surface area contributed by atoms with Crippen LogP contribution in [0.5, 0.6) is 0 Å². The molecular weight excluding hydrogens is 398 g/mol. The highest BCUT2D eigenvalue weighted by molar-refractivity contribution is 6.02. The molecule has 2 heterocycles. The molecule has 0 unspecified atom stereocenters. The second-order valence-corrected chi connectivity index (χ2v) is 7.23. The van der Waals surface area contributed by atoms with Crippen molar-refractivity contribution in [3.8, 4) is 23.0 Å². The SMILES string of the molecule is C[C@H](NC(=O)/C(C#N)=C/c1cn(-c2ccccc2)nc1-c1cccnc1)c1ccccc1. The minimum absolute atomic E-state index is 0.00512. The Hall–Kier alpha value is -4.50. The maximum atomic E-state index is 12.8. The van der Waals surface area contributed by atoms with Crippen molar-refractivity contribution in [3.63, 3.8) is 0 Å². The van der Waals surface area contributed by atoms with Gasteiger partial charge in [-0.1, -0.05) is 48.5 Å². The van der Waals surface area contributed by atoms with Crippen molar-refractivity contribution >= 4 is 12.0 Å². The van der Waals surface area contributed by atoms with E-state index in [0.717, 1.165) is 16.8 Å². The predicted molar refractivity (Wildman–Crippen MR) is 123 cm³/mol. The van der Waals surface area contributed by atoms with Gasteiger partial charge in [0.25, 0.3) is 5.91 Å². The third-order valence-electron chi connectivity index (χ3n) is 5.01. The van der Waals surface area contributed by atoms with Gasteiger partial charge in [-0.25, -0.2) is 4.68 Å². The lowest BCUT2D eigenvalue weighted by molar-refractivity contribution is -0.117. The van der Waals surface area contributed by atoms with Gasteiger partial charge in [-0.05, 0) is 42.8 Å². The molecule has 1 atom stereocenters. The van der Waals surface area contributed by atoms with Crippen LogP contribution >= 0.6 is 0 Å². The molecule has 4 rings (SSSR count). The molecule has 6 heteroatoms. The predicted octanol–water partition coefficient (Wildman–Crippen LogP) is 4.72. The summed E-state index contributed by atoms with van der Waals surface area (Å²) in [4.78, 5) is 17.0. The minimum atomic E-state index is -0.437. The van der Waals surface area contributed by atoms with Crippen molar-refractivity contribution in [3.05, 3.63) is 108 Å². The van der Waals surface area contributed by atoms with Crippen LogP contribution in [0, 0.1) is 11.3 Å². The second kappa shape index (κ2) is 9.54. The average Bonchev–Trinajstić information content (AvgIpc) is 3.28. The Morgan fingerprint density at radius 3 is 2.44 bits per heavy atom. The molecule has 0 aliphatic heterocycles. The van der Waals surface area contributed by atoms with E-state index in [4.69, 9.17) is 5.10 Å². The molecule has 1 N–H and O–H groups in total. The van der Waals surface area contributed by atoms with Gasteiger partial charge in [-0.2, -0.15) is 10.4 Å². The van der Waals surface area contributed by atoms with Gasteiger partial charge in [0.05, 0.1) is 11.7 Å². The van der Waals surface area contributed by atoms with Gasteiger partial charge in [0.1, 0.15) is 17.3 Å². The van der Waals surface area contributed by atoms with Crippen LogP contribution in [-0.4, -0.2) is 20.7 Å². The number of carbonyl (C=O) groups excluding carboxylic acids is 1. The van der Waals surface area contributed by atoms with Crippen molar-refractivity contribution in [2.75, 3.05) is 0 Å². The molecule has 0 radical (unpaired) electrons. The Morgan fingerprint density at radius 2 is 1.78 bits per heavy atom. The molecule has 32 heavy (non-hydrogen) atoms. The topological polar surface area (TPSA) is 83.6 Å². The zero-order chi connectivity index (χ0) is 22.3. The van der Waals surface area contributed by atoms with Crippen LogP contribution in [0.4, 0.5) is 0 Å². The van der Waals surface area contributed by atoms with E-state index in [0.29, 0.717) is 11.3 Å². The maximum absolute atomic E-state index is 12.8. The molecule has 0 spiro atoms. The number of para-hydroxylation sites is 1. The van der Waals surface area contributed by atoms with E-state index in [2.05, 4.69) is 10.3 Å². The maximum Gasteiger partial charge on any atom is 0.262 e. The number of amides is 1. The van der Waals surface area contributed by atoms with Crippen LogP contribution in [-0.2, 0) is 4.79 Å². The van der Waals surface area contributed by atoms with E-state index < -0.39 is 5.91 Å². The first kappa shape index (κ1) is 20.8. The molecule has 0 bridgehead atoms. The smallest absolute Gasteiger partial charge is 0.262 e. The lowest BCUT2D eigenvalue weighted by Crippen LogP contribution is -2.27. The zero-order valence-corrected chi connectivity index (χ0v) is 17.5. The zero-order valence-electron chi connectivity index (χ0n) is 17.5. The monoisotopic (exact) mass is 419 g/mol. The van der Waals surface area contributed by atoms with Crippen LogP contribution in [0.25, 0.3) is 23.0 Å². The first-order valence-corrected chi connectivity index (χ1v) is 10.2.